The highest BCUT2D eigenvalue weighted by Crippen LogP contribution is 2.16. The molecule has 1 atom stereocenters. The van der Waals surface area contributed by atoms with Crippen molar-refractivity contribution in [3.05, 3.63) is 64.9 Å². The smallest absolute Gasteiger partial charge is 0.123 e. The summed E-state index contributed by atoms with van der Waals surface area (Å²) in [5.74, 6) is 0.430. The average Bonchev–Trinajstić information content (AvgIpc) is 2.55. The number of hydrogen-bond donors (Lipinski definition) is 1. The minimum atomic E-state index is -0.622. The number of aliphatic hydroxyl groups excluding tert-OH is 1. The third kappa shape index (κ3) is 6.11. The summed E-state index contributed by atoms with van der Waals surface area (Å²) < 4.78 is 18.6. The second-order valence-electron chi connectivity index (χ2n) is 6.07. The fourth-order valence-corrected chi connectivity index (χ4v) is 2.45. The zero-order chi connectivity index (χ0) is 17.5. The van der Waals surface area contributed by atoms with Gasteiger partial charge >= 0.3 is 0 Å². The van der Waals surface area contributed by atoms with E-state index < -0.39 is 6.10 Å². The van der Waals surface area contributed by atoms with Crippen molar-refractivity contribution >= 4 is 11.6 Å². The molecule has 0 amide bonds. The average molecular weight is 352 g/mol. The van der Waals surface area contributed by atoms with E-state index >= 15 is 0 Å². The van der Waals surface area contributed by atoms with Gasteiger partial charge in [0.2, 0.25) is 0 Å². The van der Waals surface area contributed by atoms with Gasteiger partial charge in [-0.1, -0.05) is 23.7 Å². The van der Waals surface area contributed by atoms with Gasteiger partial charge in [-0.2, -0.15) is 0 Å². The summed E-state index contributed by atoms with van der Waals surface area (Å²) in [6.07, 6.45) is -0.622. The lowest BCUT2D eigenvalue weighted by molar-refractivity contribution is 0.0543. The van der Waals surface area contributed by atoms with Crippen LogP contribution < -0.4 is 4.74 Å². The van der Waals surface area contributed by atoms with Gasteiger partial charge in [-0.15, -0.1) is 0 Å². The monoisotopic (exact) mass is 351 g/mol. The Hall–Kier alpha value is -1.62. The molecule has 0 aliphatic heterocycles. The molecule has 130 valence electrons. The molecule has 0 bridgehead atoms. The summed E-state index contributed by atoms with van der Waals surface area (Å²) in [5, 5.41) is 10.9. The molecule has 0 aromatic heterocycles. The first kappa shape index (κ1) is 18.7. The zero-order valence-electron chi connectivity index (χ0n) is 14.0. The van der Waals surface area contributed by atoms with E-state index in [0.717, 1.165) is 5.56 Å². The highest BCUT2D eigenvalue weighted by atomic mass is 35.5. The molecule has 0 spiro atoms. The zero-order valence-corrected chi connectivity index (χ0v) is 14.7. The van der Waals surface area contributed by atoms with Crippen molar-refractivity contribution in [3.8, 4) is 5.75 Å². The van der Waals surface area contributed by atoms with E-state index in [1.807, 2.05) is 0 Å². The standard InChI is InChI=1S/C19H23ClFNO2/c1-14(2)22(11-15-3-7-17(21)8-4-15)12-18(23)13-24-19-9-5-16(20)6-10-19/h3-10,14,18,23H,11-13H2,1-2H3. The summed E-state index contributed by atoms with van der Waals surface area (Å²) in [7, 11) is 0. The van der Waals surface area contributed by atoms with E-state index in [9.17, 15) is 9.50 Å². The number of rotatable bonds is 8. The molecule has 1 unspecified atom stereocenters. The van der Waals surface area contributed by atoms with Crippen molar-refractivity contribution in [1.29, 1.82) is 0 Å². The van der Waals surface area contributed by atoms with Crippen molar-refractivity contribution in [2.45, 2.75) is 32.5 Å². The van der Waals surface area contributed by atoms with Crippen LogP contribution in [0.3, 0.4) is 0 Å². The van der Waals surface area contributed by atoms with Crippen molar-refractivity contribution in [1.82, 2.24) is 4.90 Å². The van der Waals surface area contributed by atoms with Crippen LogP contribution in [0.2, 0.25) is 5.02 Å². The van der Waals surface area contributed by atoms with Crippen LogP contribution in [-0.2, 0) is 6.54 Å². The van der Waals surface area contributed by atoms with Crippen molar-refractivity contribution in [3.63, 3.8) is 0 Å². The maximum absolute atomic E-state index is 13.0. The number of aliphatic hydroxyl groups is 1. The number of nitrogens with zero attached hydrogens (tertiary/aromatic N) is 1. The second kappa shape index (κ2) is 9.02. The van der Waals surface area contributed by atoms with Crippen molar-refractivity contribution in [2.75, 3.05) is 13.2 Å². The molecule has 0 saturated carbocycles. The minimum absolute atomic E-state index is 0.203. The van der Waals surface area contributed by atoms with Crippen LogP contribution in [0.25, 0.3) is 0 Å². The Labute approximate surface area is 147 Å². The molecule has 0 aliphatic carbocycles. The fraction of sp³-hybridized carbons (Fsp3) is 0.368. The highest BCUT2D eigenvalue weighted by molar-refractivity contribution is 6.30. The van der Waals surface area contributed by atoms with Crippen LogP contribution in [0.4, 0.5) is 4.39 Å². The third-order valence-corrected chi connectivity index (χ3v) is 3.98. The Bertz CT molecular complexity index is 616. The molecular formula is C19H23ClFNO2. The molecule has 0 heterocycles. The number of benzene rings is 2. The Morgan fingerprint density at radius 2 is 1.71 bits per heavy atom. The molecule has 1 N–H and O–H groups in total. The third-order valence-electron chi connectivity index (χ3n) is 3.73. The largest absolute Gasteiger partial charge is 0.491 e. The molecular weight excluding hydrogens is 329 g/mol. The number of halogens is 2. The molecule has 0 fully saturated rings. The van der Waals surface area contributed by atoms with Crippen LogP contribution in [0.15, 0.2) is 48.5 Å². The highest BCUT2D eigenvalue weighted by Gasteiger charge is 2.16. The van der Waals surface area contributed by atoms with Gasteiger partial charge in [0.05, 0.1) is 0 Å². The van der Waals surface area contributed by atoms with Gasteiger partial charge in [-0.3, -0.25) is 4.90 Å². The van der Waals surface area contributed by atoms with Crippen LogP contribution in [0.5, 0.6) is 5.75 Å². The first-order chi connectivity index (χ1) is 11.4. The molecule has 0 radical (unpaired) electrons. The molecule has 0 aliphatic rings. The lowest BCUT2D eigenvalue weighted by atomic mass is 10.1. The van der Waals surface area contributed by atoms with Crippen LogP contribution in [0.1, 0.15) is 19.4 Å². The summed E-state index contributed by atoms with van der Waals surface area (Å²) in [4.78, 5) is 2.13. The predicted molar refractivity (Wildman–Crippen MR) is 94.9 cm³/mol. The minimum Gasteiger partial charge on any atom is -0.491 e. The lowest BCUT2D eigenvalue weighted by Crippen LogP contribution is -2.39. The van der Waals surface area contributed by atoms with E-state index in [-0.39, 0.29) is 18.5 Å². The summed E-state index contributed by atoms with van der Waals surface area (Å²) in [5.41, 5.74) is 1.01. The van der Waals surface area contributed by atoms with E-state index in [1.165, 1.54) is 12.1 Å². The van der Waals surface area contributed by atoms with Gasteiger partial charge in [0.25, 0.3) is 0 Å². The Morgan fingerprint density at radius 3 is 2.29 bits per heavy atom. The van der Waals surface area contributed by atoms with Crippen LogP contribution in [-0.4, -0.2) is 35.3 Å². The van der Waals surface area contributed by atoms with E-state index in [0.29, 0.717) is 23.9 Å². The van der Waals surface area contributed by atoms with Gasteiger partial charge < -0.3 is 9.84 Å². The maximum atomic E-state index is 13.0. The van der Waals surface area contributed by atoms with E-state index in [2.05, 4.69) is 18.7 Å². The Balaban J connectivity index is 1.87. The first-order valence-electron chi connectivity index (χ1n) is 7.99. The fourth-order valence-electron chi connectivity index (χ4n) is 2.33. The first-order valence-corrected chi connectivity index (χ1v) is 8.37. The van der Waals surface area contributed by atoms with Gasteiger partial charge in [-0.05, 0) is 55.8 Å². The number of ether oxygens (including phenoxy) is 1. The van der Waals surface area contributed by atoms with E-state index in [4.69, 9.17) is 16.3 Å². The molecule has 2 aromatic carbocycles. The van der Waals surface area contributed by atoms with Gasteiger partial charge in [0, 0.05) is 24.2 Å². The van der Waals surface area contributed by atoms with Crippen molar-refractivity contribution < 1.29 is 14.2 Å². The molecule has 2 rings (SSSR count). The van der Waals surface area contributed by atoms with E-state index in [1.54, 1.807) is 36.4 Å². The second-order valence-corrected chi connectivity index (χ2v) is 6.50. The van der Waals surface area contributed by atoms with Crippen LogP contribution >= 0.6 is 11.6 Å². The summed E-state index contributed by atoms with van der Waals surface area (Å²) in [6.45, 7) is 5.46. The van der Waals surface area contributed by atoms with Gasteiger partial charge in [0.15, 0.2) is 0 Å². The molecule has 2 aromatic rings. The summed E-state index contributed by atoms with van der Waals surface area (Å²) >= 11 is 5.83. The maximum Gasteiger partial charge on any atom is 0.123 e. The van der Waals surface area contributed by atoms with Gasteiger partial charge in [0.1, 0.15) is 24.3 Å². The topological polar surface area (TPSA) is 32.7 Å². The van der Waals surface area contributed by atoms with Crippen LogP contribution in [0, 0.1) is 5.82 Å². The molecule has 24 heavy (non-hydrogen) atoms. The number of hydrogen-bond acceptors (Lipinski definition) is 3. The normalized spacial score (nSPS) is 12.6. The SMILES string of the molecule is CC(C)N(Cc1ccc(F)cc1)CC(O)COc1ccc(Cl)cc1. The quantitative estimate of drug-likeness (QED) is 0.776. The molecule has 0 saturated heterocycles. The van der Waals surface area contributed by atoms with Gasteiger partial charge in [-0.25, -0.2) is 4.39 Å². The Morgan fingerprint density at radius 1 is 1.08 bits per heavy atom. The molecule has 5 heteroatoms. The van der Waals surface area contributed by atoms with Crippen molar-refractivity contribution in [2.24, 2.45) is 0 Å². The Kier molecular flexibility index (Phi) is 7.03. The molecule has 3 nitrogen and oxygen atoms in total. The predicted octanol–water partition coefficient (Wildman–Crippen LogP) is 4.13. The lowest BCUT2D eigenvalue weighted by Gasteiger charge is -2.28. The summed E-state index contributed by atoms with van der Waals surface area (Å²) in [6, 6.07) is 13.7.